The highest BCUT2D eigenvalue weighted by Gasteiger charge is 2.12. The van der Waals surface area contributed by atoms with Crippen molar-refractivity contribution in [1.29, 1.82) is 0 Å². The van der Waals surface area contributed by atoms with Crippen LogP contribution in [0.2, 0.25) is 0 Å². The Morgan fingerprint density at radius 1 is 0.931 bits per heavy atom. The molecule has 1 N–H and O–H groups in total. The van der Waals surface area contributed by atoms with Crippen molar-refractivity contribution in [2.75, 3.05) is 19.0 Å². The summed E-state index contributed by atoms with van der Waals surface area (Å²) in [7, 11) is 1.61. The maximum atomic E-state index is 12.7. The molecule has 0 unspecified atom stereocenters. The Bertz CT molecular complexity index is 967. The van der Waals surface area contributed by atoms with Crippen LogP contribution < -0.4 is 19.5 Å². The third-order valence-corrected chi connectivity index (χ3v) is 4.45. The maximum absolute atomic E-state index is 12.7. The Morgan fingerprint density at radius 3 is 2.38 bits per heavy atom. The van der Waals surface area contributed by atoms with Crippen molar-refractivity contribution in [2.24, 2.45) is 0 Å². The number of amides is 1. The van der Waals surface area contributed by atoms with Crippen LogP contribution in [0.3, 0.4) is 0 Å². The van der Waals surface area contributed by atoms with E-state index in [1.54, 1.807) is 37.4 Å². The second kappa shape index (κ2) is 9.64. The number of aryl methyl sites for hydroxylation is 1. The smallest absolute Gasteiger partial charge is 0.255 e. The number of para-hydroxylation sites is 1. The maximum Gasteiger partial charge on any atom is 0.255 e. The molecule has 0 saturated carbocycles. The van der Waals surface area contributed by atoms with Crippen LogP contribution in [0.4, 0.5) is 5.69 Å². The largest absolute Gasteiger partial charge is 0.497 e. The summed E-state index contributed by atoms with van der Waals surface area (Å²) in [6.45, 7) is 4.77. The minimum absolute atomic E-state index is 0.199. The topological polar surface area (TPSA) is 56.8 Å². The van der Waals surface area contributed by atoms with Gasteiger partial charge in [0.05, 0.1) is 13.7 Å². The van der Waals surface area contributed by atoms with Gasteiger partial charge in [-0.05, 0) is 67.9 Å². The number of benzene rings is 3. The molecule has 0 atom stereocenters. The molecule has 0 fully saturated rings. The quantitative estimate of drug-likeness (QED) is 0.571. The molecule has 5 nitrogen and oxygen atoms in total. The zero-order valence-electron chi connectivity index (χ0n) is 16.9. The average molecular weight is 391 g/mol. The van der Waals surface area contributed by atoms with Crippen molar-refractivity contribution in [3.8, 4) is 17.2 Å². The molecule has 3 aromatic rings. The number of ether oxygens (including phenoxy) is 3. The first-order valence-electron chi connectivity index (χ1n) is 9.50. The normalized spacial score (nSPS) is 10.3. The zero-order chi connectivity index (χ0) is 20.6. The number of nitrogens with one attached hydrogen (secondary N) is 1. The van der Waals surface area contributed by atoms with Gasteiger partial charge < -0.3 is 19.5 Å². The van der Waals surface area contributed by atoms with Crippen LogP contribution in [-0.4, -0.2) is 19.6 Å². The molecule has 0 radical (unpaired) electrons. The van der Waals surface area contributed by atoms with Crippen molar-refractivity contribution in [3.05, 3.63) is 83.4 Å². The molecule has 0 aliphatic rings. The highest BCUT2D eigenvalue weighted by molar-refractivity contribution is 6.04. The molecule has 5 heteroatoms. The van der Waals surface area contributed by atoms with E-state index in [9.17, 15) is 4.79 Å². The van der Waals surface area contributed by atoms with Crippen molar-refractivity contribution < 1.29 is 19.0 Å². The van der Waals surface area contributed by atoms with E-state index in [2.05, 4.69) is 5.32 Å². The lowest BCUT2D eigenvalue weighted by Crippen LogP contribution is -2.13. The summed E-state index contributed by atoms with van der Waals surface area (Å²) in [6.07, 6.45) is 0. The third-order valence-electron chi connectivity index (χ3n) is 4.45. The van der Waals surface area contributed by atoms with Gasteiger partial charge in [-0.1, -0.05) is 18.2 Å². The first-order chi connectivity index (χ1) is 14.1. The molecular formula is C24H25NO4. The van der Waals surface area contributed by atoms with E-state index in [1.807, 2.05) is 50.2 Å². The minimum atomic E-state index is -0.199. The molecule has 0 aromatic heterocycles. The van der Waals surface area contributed by atoms with Gasteiger partial charge in [0.1, 0.15) is 23.9 Å². The summed E-state index contributed by atoms with van der Waals surface area (Å²) >= 11 is 0. The molecule has 3 aromatic carbocycles. The molecule has 0 saturated heterocycles. The van der Waals surface area contributed by atoms with Gasteiger partial charge in [-0.15, -0.1) is 0 Å². The number of methoxy groups -OCH3 is 1. The molecule has 0 aliphatic carbocycles. The van der Waals surface area contributed by atoms with Crippen LogP contribution in [0.15, 0.2) is 66.7 Å². The number of anilines is 1. The van der Waals surface area contributed by atoms with Crippen molar-refractivity contribution in [3.63, 3.8) is 0 Å². The standard InChI is InChI=1S/C24H25NO4/c1-4-28-23-14-9-18(24(26)25-20-10-12-21(27-3)13-11-20)15-19(23)16-29-22-8-6-5-7-17(22)2/h5-15H,4,16H2,1-3H3,(H,25,26). The van der Waals surface area contributed by atoms with Crippen LogP contribution in [-0.2, 0) is 6.61 Å². The molecule has 150 valence electrons. The number of carbonyl (C=O) groups excluding carboxylic acids is 1. The summed E-state index contributed by atoms with van der Waals surface area (Å²) in [4.78, 5) is 12.7. The number of hydrogen-bond acceptors (Lipinski definition) is 4. The molecule has 0 bridgehead atoms. The van der Waals surface area contributed by atoms with Crippen molar-refractivity contribution >= 4 is 11.6 Å². The van der Waals surface area contributed by atoms with Gasteiger partial charge in [0.25, 0.3) is 5.91 Å². The lowest BCUT2D eigenvalue weighted by Gasteiger charge is -2.14. The van der Waals surface area contributed by atoms with Gasteiger partial charge in [-0.25, -0.2) is 0 Å². The second-order valence-electron chi connectivity index (χ2n) is 6.49. The fraction of sp³-hybridized carbons (Fsp3) is 0.208. The van der Waals surface area contributed by atoms with Gasteiger partial charge >= 0.3 is 0 Å². The Hall–Kier alpha value is -3.47. The fourth-order valence-corrected chi connectivity index (χ4v) is 2.88. The predicted octanol–water partition coefficient (Wildman–Crippen LogP) is 5.23. The van der Waals surface area contributed by atoms with E-state index in [0.717, 1.165) is 22.6 Å². The van der Waals surface area contributed by atoms with Gasteiger partial charge in [0, 0.05) is 16.8 Å². The minimum Gasteiger partial charge on any atom is -0.497 e. The fourth-order valence-electron chi connectivity index (χ4n) is 2.88. The van der Waals surface area contributed by atoms with E-state index in [1.165, 1.54) is 0 Å². The second-order valence-corrected chi connectivity index (χ2v) is 6.49. The number of hydrogen-bond donors (Lipinski definition) is 1. The van der Waals surface area contributed by atoms with Gasteiger partial charge in [0.15, 0.2) is 0 Å². The highest BCUT2D eigenvalue weighted by Crippen LogP contribution is 2.25. The van der Waals surface area contributed by atoms with Crippen LogP contribution >= 0.6 is 0 Å². The van der Waals surface area contributed by atoms with E-state index < -0.39 is 0 Å². The molecule has 3 rings (SSSR count). The summed E-state index contributed by atoms with van der Waals surface area (Å²) in [6, 6.07) is 20.4. The Kier molecular flexibility index (Phi) is 6.74. The average Bonchev–Trinajstić information content (AvgIpc) is 2.74. The molecule has 29 heavy (non-hydrogen) atoms. The van der Waals surface area contributed by atoms with E-state index in [0.29, 0.717) is 30.2 Å². The predicted molar refractivity (Wildman–Crippen MR) is 114 cm³/mol. The first-order valence-corrected chi connectivity index (χ1v) is 9.50. The van der Waals surface area contributed by atoms with E-state index >= 15 is 0 Å². The lowest BCUT2D eigenvalue weighted by molar-refractivity contribution is 0.102. The number of carbonyl (C=O) groups is 1. The Morgan fingerprint density at radius 2 is 1.69 bits per heavy atom. The Balaban J connectivity index is 1.77. The van der Waals surface area contributed by atoms with E-state index in [-0.39, 0.29) is 5.91 Å². The first kappa shape index (κ1) is 20.3. The highest BCUT2D eigenvalue weighted by atomic mass is 16.5. The third kappa shape index (κ3) is 5.29. The zero-order valence-corrected chi connectivity index (χ0v) is 16.9. The monoisotopic (exact) mass is 391 g/mol. The summed E-state index contributed by atoms with van der Waals surface area (Å²) in [5.74, 6) is 2.06. The SMILES string of the molecule is CCOc1ccc(C(=O)Nc2ccc(OC)cc2)cc1COc1ccccc1C. The van der Waals surface area contributed by atoms with Gasteiger partial charge in [-0.3, -0.25) is 4.79 Å². The molecule has 0 spiro atoms. The molecular weight excluding hydrogens is 366 g/mol. The Labute approximate surface area is 171 Å². The molecule has 1 amide bonds. The van der Waals surface area contributed by atoms with Gasteiger partial charge in [0.2, 0.25) is 0 Å². The number of rotatable bonds is 8. The summed E-state index contributed by atoms with van der Waals surface area (Å²) in [5.41, 5.74) is 3.10. The van der Waals surface area contributed by atoms with Crippen molar-refractivity contribution in [2.45, 2.75) is 20.5 Å². The summed E-state index contributed by atoms with van der Waals surface area (Å²) < 4.78 is 16.8. The van der Waals surface area contributed by atoms with Crippen LogP contribution in [0.25, 0.3) is 0 Å². The molecule has 0 aliphatic heterocycles. The molecule has 0 heterocycles. The van der Waals surface area contributed by atoms with Crippen molar-refractivity contribution in [1.82, 2.24) is 0 Å². The van der Waals surface area contributed by atoms with Gasteiger partial charge in [-0.2, -0.15) is 0 Å². The van der Waals surface area contributed by atoms with Crippen LogP contribution in [0.5, 0.6) is 17.2 Å². The summed E-state index contributed by atoms with van der Waals surface area (Å²) in [5, 5.41) is 2.89. The lowest BCUT2D eigenvalue weighted by atomic mass is 10.1. The van der Waals surface area contributed by atoms with Crippen LogP contribution in [0, 0.1) is 6.92 Å². The van der Waals surface area contributed by atoms with Crippen LogP contribution in [0.1, 0.15) is 28.4 Å². The van der Waals surface area contributed by atoms with E-state index in [4.69, 9.17) is 14.2 Å².